The van der Waals surface area contributed by atoms with Crippen LogP contribution in [-0.4, -0.2) is 16.8 Å². The van der Waals surface area contributed by atoms with Crippen molar-refractivity contribution in [2.45, 2.75) is 0 Å². The van der Waals surface area contributed by atoms with E-state index in [1.54, 1.807) is 11.0 Å². The Morgan fingerprint density at radius 3 is 2.68 bits per heavy atom. The van der Waals surface area contributed by atoms with E-state index in [0.29, 0.717) is 15.8 Å². The van der Waals surface area contributed by atoms with Gasteiger partial charge in [0.15, 0.2) is 4.32 Å². The highest BCUT2D eigenvalue weighted by atomic mass is 79.9. The number of benzene rings is 2. The van der Waals surface area contributed by atoms with Crippen molar-refractivity contribution in [3.63, 3.8) is 0 Å². The first-order valence-corrected chi connectivity index (χ1v) is 9.47. The molecule has 0 radical (unpaired) electrons. The van der Waals surface area contributed by atoms with E-state index in [0.717, 1.165) is 21.5 Å². The number of thioether (sulfide) groups is 1. The van der Waals surface area contributed by atoms with Crippen LogP contribution >= 0.6 is 39.9 Å². The third kappa shape index (κ3) is 4.21. The molecular weight excluding hydrogens is 418 g/mol. The van der Waals surface area contributed by atoms with Crippen LogP contribution in [0.2, 0.25) is 0 Å². The van der Waals surface area contributed by atoms with Gasteiger partial charge in [0.2, 0.25) is 0 Å². The number of thiocarbonyl (C=S) groups is 1. The molecule has 3 nitrogen and oxygen atoms in total. The number of rotatable bonds is 5. The minimum Gasteiger partial charge on any atom is -0.490 e. The van der Waals surface area contributed by atoms with Crippen LogP contribution < -0.4 is 9.64 Å². The Kier molecular flexibility index (Phi) is 5.73. The van der Waals surface area contributed by atoms with Crippen molar-refractivity contribution in [2.24, 2.45) is 0 Å². The van der Waals surface area contributed by atoms with Crippen LogP contribution in [0.15, 0.2) is 70.6 Å². The predicted octanol–water partition coefficient (Wildman–Crippen LogP) is 5.42. The third-order valence-electron chi connectivity index (χ3n) is 3.41. The summed E-state index contributed by atoms with van der Waals surface area (Å²) in [4.78, 5) is 14.9. The Morgan fingerprint density at radius 2 is 2.00 bits per heavy atom. The Labute approximate surface area is 164 Å². The third-order valence-corrected chi connectivity index (χ3v) is 5.20. The standard InChI is InChI=1S/C19H14BrNO2S2/c1-2-10-23-16-8-6-13(7-9-16)11-17-18(22)21(19(24)25-17)15-5-3-4-14(20)12-15/h2-9,11-12H,1,10H2/b17-11+. The van der Waals surface area contributed by atoms with Crippen LogP contribution in [-0.2, 0) is 4.79 Å². The van der Waals surface area contributed by atoms with Gasteiger partial charge >= 0.3 is 0 Å². The first kappa shape index (κ1) is 17.9. The van der Waals surface area contributed by atoms with Crippen molar-refractivity contribution >= 4 is 61.9 Å². The molecule has 0 aromatic heterocycles. The number of nitrogens with zero attached hydrogens (tertiary/aromatic N) is 1. The summed E-state index contributed by atoms with van der Waals surface area (Å²) in [6.07, 6.45) is 3.54. The molecule has 1 aliphatic heterocycles. The van der Waals surface area contributed by atoms with Crippen LogP contribution in [0.3, 0.4) is 0 Å². The summed E-state index contributed by atoms with van der Waals surface area (Å²) in [6.45, 7) is 4.08. The van der Waals surface area contributed by atoms with E-state index in [1.165, 1.54) is 11.8 Å². The lowest BCUT2D eigenvalue weighted by molar-refractivity contribution is -0.113. The van der Waals surface area contributed by atoms with Gasteiger partial charge in [0.1, 0.15) is 12.4 Å². The zero-order valence-electron chi connectivity index (χ0n) is 13.1. The first-order valence-electron chi connectivity index (χ1n) is 7.46. The molecule has 1 saturated heterocycles. The molecule has 1 heterocycles. The topological polar surface area (TPSA) is 29.5 Å². The van der Waals surface area contributed by atoms with E-state index in [-0.39, 0.29) is 5.91 Å². The molecule has 1 fully saturated rings. The highest BCUT2D eigenvalue weighted by Crippen LogP contribution is 2.36. The molecule has 6 heteroatoms. The molecule has 0 aliphatic carbocycles. The number of halogens is 1. The van der Waals surface area contributed by atoms with Crippen LogP contribution in [0.25, 0.3) is 6.08 Å². The molecule has 0 N–H and O–H groups in total. The number of amides is 1. The van der Waals surface area contributed by atoms with Gasteiger partial charge in [-0.3, -0.25) is 9.69 Å². The fourth-order valence-electron chi connectivity index (χ4n) is 2.27. The molecule has 1 amide bonds. The monoisotopic (exact) mass is 431 g/mol. The zero-order chi connectivity index (χ0) is 17.8. The smallest absolute Gasteiger partial charge is 0.270 e. The van der Waals surface area contributed by atoms with Crippen LogP contribution in [0.5, 0.6) is 5.75 Å². The zero-order valence-corrected chi connectivity index (χ0v) is 16.4. The van der Waals surface area contributed by atoms with Crippen molar-refractivity contribution in [1.29, 1.82) is 0 Å². The second-order valence-corrected chi connectivity index (χ2v) is 7.76. The summed E-state index contributed by atoms with van der Waals surface area (Å²) in [5.41, 5.74) is 1.68. The maximum absolute atomic E-state index is 12.7. The fourth-order valence-corrected chi connectivity index (χ4v) is 3.96. The van der Waals surface area contributed by atoms with E-state index in [9.17, 15) is 4.79 Å². The second-order valence-electron chi connectivity index (χ2n) is 5.17. The number of anilines is 1. The number of carbonyl (C=O) groups excluding carboxylic acids is 1. The minimum absolute atomic E-state index is 0.111. The van der Waals surface area contributed by atoms with Gasteiger partial charge < -0.3 is 4.74 Å². The lowest BCUT2D eigenvalue weighted by Crippen LogP contribution is -2.27. The number of hydrogen-bond donors (Lipinski definition) is 0. The van der Waals surface area contributed by atoms with Crippen molar-refractivity contribution in [1.82, 2.24) is 0 Å². The van der Waals surface area contributed by atoms with Crippen LogP contribution in [0, 0.1) is 0 Å². The molecule has 0 spiro atoms. The summed E-state index contributed by atoms with van der Waals surface area (Å²) >= 11 is 10.1. The van der Waals surface area contributed by atoms with Crippen LogP contribution in [0.4, 0.5) is 5.69 Å². The minimum atomic E-state index is -0.111. The van der Waals surface area contributed by atoms with Crippen molar-refractivity contribution < 1.29 is 9.53 Å². The normalized spacial score (nSPS) is 15.7. The highest BCUT2D eigenvalue weighted by Gasteiger charge is 2.33. The van der Waals surface area contributed by atoms with Crippen LogP contribution in [0.1, 0.15) is 5.56 Å². The van der Waals surface area contributed by atoms with Gasteiger partial charge in [-0.2, -0.15) is 0 Å². The average molecular weight is 432 g/mol. The fraction of sp³-hybridized carbons (Fsp3) is 0.0526. The van der Waals surface area contributed by atoms with Gasteiger partial charge in [-0.05, 0) is 42.0 Å². The van der Waals surface area contributed by atoms with Gasteiger partial charge in [-0.15, -0.1) is 0 Å². The maximum Gasteiger partial charge on any atom is 0.270 e. The average Bonchev–Trinajstić information content (AvgIpc) is 2.88. The van der Waals surface area contributed by atoms with E-state index < -0.39 is 0 Å². The Bertz CT molecular complexity index is 862. The van der Waals surface area contributed by atoms with Gasteiger partial charge in [-0.25, -0.2) is 0 Å². The molecule has 0 unspecified atom stereocenters. The SMILES string of the molecule is C=CCOc1ccc(/C=C2/SC(=S)N(c3cccc(Br)c3)C2=O)cc1. The van der Waals surface area contributed by atoms with Gasteiger partial charge in [0.25, 0.3) is 5.91 Å². The van der Waals surface area contributed by atoms with Gasteiger partial charge in [-0.1, -0.05) is 70.8 Å². The molecule has 2 aromatic carbocycles. The number of carbonyl (C=O) groups is 1. The van der Waals surface area contributed by atoms with E-state index in [1.807, 2.05) is 54.6 Å². The molecule has 2 aromatic rings. The van der Waals surface area contributed by atoms with Crippen molar-refractivity contribution in [3.05, 3.63) is 76.1 Å². The Hall–Kier alpha value is -1.89. The summed E-state index contributed by atoms with van der Waals surface area (Å²) < 4.78 is 6.89. The number of ether oxygens (including phenoxy) is 1. The number of hydrogen-bond acceptors (Lipinski definition) is 4. The summed E-state index contributed by atoms with van der Waals surface area (Å²) in [7, 11) is 0. The van der Waals surface area contributed by atoms with Gasteiger partial charge in [0.05, 0.1) is 10.6 Å². The molecule has 3 rings (SSSR count). The summed E-state index contributed by atoms with van der Waals surface area (Å²) in [5, 5.41) is 0. The molecule has 0 atom stereocenters. The molecule has 126 valence electrons. The summed E-state index contributed by atoms with van der Waals surface area (Å²) in [6, 6.07) is 15.1. The lowest BCUT2D eigenvalue weighted by atomic mass is 10.2. The maximum atomic E-state index is 12.7. The molecule has 0 saturated carbocycles. The second kappa shape index (κ2) is 7.99. The molecular formula is C19H14BrNO2S2. The molecule has 1 aliphatic rings. The molecule has 0 bridgehead atoms. The van der Waals surface area contributed by atoms with Crippen molar-refractivity contribution in [2.75, 3.05) is 11.5 Å². The highest BCUT2D eigenvalue weighted by molar-refractivity contribution is 9.10. The first-order chi connectivity index (χ1) is 12.1. The Morgan fingerprint density at radius 1 is 1.24 bits per heavy atom. The van der Waals surface area contributed by atoms with Crippen molar-refractivity contribution in [3.8, 4) is 5.75 Å². The summed E-state index contributed by atoms with van der Waals surface area (Å²) in [5.74, 6) is 0.652. The van der Waals surface area contributed by atoms with E-state index >= 15 is 0 Å². The van der Waals surface area contributed by atoms with E-state index in [2.05, 4.69) is 22.5 Å². The van der Waals surface area contributed by atoms with Gasteiger partial charge in [0, 0.05) is 4.47 Å². The Balaban J connectivity index is 1.81. The molecule has 25 heavy (non-hydrogen) atoms. The lowest BCUT2D eigenvalue weighted by Gasteiger charge is -2.14. The quantitative estimate of drug-likeness (QED) is 0.359. The predicted molar refractivity (Wildman–Crippen MR) is 112 cm³/mol. The van der Waals surface area contributed by atoms with E-state index in [4.69, 9.17) is 17.0 Å². The largest absolute Gasteiger partial charge is 0.490 e.